The molecule has 0 bridgehead atoms. The minimum atomic E-state index is 0.0747. The summed E-state index contributed by atoms with van der Waals surface area (Å²) >= 11 is 10.3. The zero-order valence-corrected chi connectivity index (χ0v) is 12.8. The summed E-state index contributed by atoms with van der Waals surface area (Å²) in [6.07, 6.45) is 0. The highest BCUT2D eigenvalue weighted by Crippen LogP contribution is 2.38. The van der Waals surface area contributed by atoms with E-state index in [0.717, 1.165) is 30.1 Å². The number of carbonyl (C=O) groups excluding carboxylic acids is 1. The fraction of sp³-hybridized carbons (Fsp3) is 0.300. The highest BCUT2D eigenvalue weighted by Gasteiger charge is 2.17. The van der Waals surface area contributed by atoms with E-state index in [0.29, 0.717) is 0 Å². The standard InChI is InChI=1S/C10H9Br3O/c1-4-5(2)8(11)10(13)9(12)7(4)6(3)14/h1-3H3. The molecule has 0 amide bonds. The SMILES string of the molecule is CC(=O)c1c(C)c(C)c(Br)c(Br)c1Br. The van der Waals surface area contributed by atoms with Crippen LogP contribution >= 0.6 is 47.8 Å². The van der Waals surface area contributed by atoms with Gasteiger partial charge in [-0.05, 0) is 79.7 Å². The summed E-state index contributed by atoms with van der Waals surface area (Å²) in [7, 11) is 0. The van der Waals surface area contributed by atoms with E-state index in [9.17, 15) is 4.79 Å². The van der Waals surface area contributed by atoms with Crippen molar-refractivity contribution in [2.75, 3.05) is 0 Å². The molecule has 0 aliphatic carbocycles. The number of Topliss-reactive ketones (excluding diaryl/α,β-unsaturated/α-hetero) is 1. The maximum absolute atomic E-state index is 11.4. The average molecular weight is 385 g/mol. The van der Waals surface area contributed by atoms with Crippen LogP contribution in [0.15, 0.2) is 13.4 Å². The lowest BCUT2D eigenvalue weighted by Crippen LogP contribution is -2.01. The molecule has 1 rings (SSSR count). The quantitative estimate of drug-likeness (QED) is 0.502. The lowest BCUT2D eigenvalue weighted by molar-refractivity contribution is 0.101. The first-order valence-electron chi connectivity index (χ1n) is 4.02. The number of halogens is 3. The summed E-state index contributed by atoms with van der Waals surface area (Å²) in [6, 6.07) is 0. The predicted molar refractivity (Wildman–Crippen MR) is 69.0 cm³/mol. The van der Waals surface area contributed by atoms with Crippen LogP contribution in [0.3, 0.4) is 0 Å². The Morgan fingerprint density at radius 1 is 0.929 bits per heavy atom. The van der Waals surface area contributed by atoms with Gasteiger partial charge >= 0.3 is 0 Å². The molecular formula is C10H9Br3O. The summed E-state index contributed by atoms with van der Waals surface area (Å²) in [5.41, 5.74) is 2.85. The van der Waals surface area contributed by atoms with Crippen molar-refractivity contribution in [1.82, 2.24) is 0 Å². The second-order valence-corrected chi connectivity index (χ2v) is 5.50. The number of ketones is 1. The van der Waals surface area contributed by atoms with E-state index in [-0.39, 0.29) is 5.78 Å². The molecule has 0 heterocycles. The van der Waals surface area contributed by atoms with Crippen molar-refractivity contribution in [3.63, 3.8) is 0 Å². The van der Waals surface area contributed by atoms with E-state index in [1.807, 2.05) is 13.8 Å². The molecule has 0 saturated heterocycles. The normalized spacial score (nSPS) is 10.4. The van der Waals surface area contributed by atoms with Crippen molar-refractivity contribution in [1.29, 1.82) is 0 Å². The van der Waals surface area contributed by atoms with Gasteiger partial charge in [-0.2, -0.15) is 0 Å². The van der Waals surface area contributed by atoms with Crippen molar-refractivity contribution >= 4 is 53.6 Å². The van der Waals surface area contributed by atoms with E-state index >= 15 is 0 Å². The van der Waals surface area contributed by atoms with Crippen LogP contribution in [0, 0.1) is 13.8 Å². The zero-order chi connectivity index (χ0) is 11.0. The molecule has 4 heteroatoms. The molecule has 0 atom stereocenters. The molecule has 0 aliphatic heterocycles. The Kier molecular flexibility index (Phi) is 3.95. The zero-order valence-electron chi connectivity index (χ0n) is 8.04. The van der Waals surface area contributed by atoms with Crippen molar-refractivity contribution in [2.45, 2.75) is 20.8 Å². The van der Waals surface area contributed by atoms with Crippen LogP contribution in [0.5, 0.6) is 0 Å². The lowest BCUT2D eigenvalue weighted by Gasteiger charge is -2.13. The van der Waals surface area contributed by atoms with Gasteiger partial charge < -0.3 is 0 Å². The Bertz CT molecular complexity index is 381. The summed E-state index contributed by atoms with van der Waals surface area (Å²) in [5.74, 6) is 0.0747. The first-order chi connectivity index (χ1) is 6.37. The maximum atomic E-state index is 11.4. The van der Waals surface area contributed by atoms with Crippen molar-refractivity contribution in [3.05, 3.63) is 30.1 Å². The Hall–Kier alpha value is 0.330. The highest BCUT2D eigenvalue weighted by molar-refractivity contribution is 9.14. The molecule has 0 N–H and O–H groups in total. The van der Waals surface area contributed by atoms with Crippen LogP contribution in [-0.4, -0.2) is 5.78 Å². The number of rotatable bonds is 1. The van der Waals surface area contributed by atoms with Gasteiger partial charge in [-0.3, -0.25) is 4.79 Å². The Labute approximate surface area is 109 Å². The molecule has 0 spiro atoms. The second kappa shape index (κ2) is 4.45. The van der Waals surface area contributed by atoms with E-state index in [1.54, 1.807) is 6.92 Å². The van der Waals surface area contributed by atoms with Crippen LogP contribution in [-0.2, 0) is 0 Å². The molecule has 0 saturated carbocycles. The summed E-state index contributed by atoms with van der Waals surface area (Å²) in [6.45, 7) is 5.52. The Balaban J connectivity index is 3.68. The lowest BCUT2D eigenvalue weighted by atomic mass is 10.0. The minimum absolute atomic E-state index is 0.0747. The van der Waals surface area contributed by atoms with Gasteiger partial charge in [0.25, 0.3) is 0 Å². The van der Waals surface area contributed by atoms with E-state index in [2.05, 4.69) is 47.8 Å². The molecule has 0 fully saturated rings. The second-order valence-electron chi connectivity index (χ2n) is 3.12. The topological polar surface area (TPSA) is 17.1 Å². The van der Waals surface area contributed by atoms with Crippen LogP contribution in [0.2, 0.25) is 0 Å². The van der Waals surface area contributed by atoms with E-state index in [4.69, 9.17) is 0 Å². The van der Waals surface area contributed by atoms with Crippen LogP contribution in [0.4, 0.5) is 0 Å². The average Bonchev–Trinajstić information content (AvgIpc) is 2.11. The van der Waals surface area contributed by atoms with Crippen molar-refractivity contribution < 1.29 is 4.79 Å². The van der Waals surface area contributed by atoms with Crippen LogP contribution in [0.25, 0.3) is 0 Å². The summed E-state index contributed by atoms with van der Waals surface area (Å²) < 4.78 is 2.71. The van der Waals surface area contributed by atoms with Gasteiger partial charge in [0, 0.05) is 19.0 Å². The van der Waals surface area contributed by atoms with Gasteiger partial charge in [0.1, 0.15) is 0 Å². The monoisotopic (exact) mass is 382 g/mol. The minimum Gasteiger partial charge on any atom is -0.294 e. The third-order valence-electron chi connectivity index (χ3n) is 2.22. The van der Waals surface area contributed by atoms with Gasteiger partial charge in [-0.15, -0.1) is 0 Å². The van der Waals surface area contributed by atoms with Crippen LogP contribution in [0.1, 0.15) is 28.4 Å². The molecule has 0 aliphatic rings. The fourth-order valence-corrected chi connectivity index (χ4v) is 3.34. The molecule has 1 nitrogen and oxygen atoms in total. The number of hydrogen-bond donors (Lipinski definition) is 0. The number of carbonyl (C=O) groups is 1. The van der Waals surface area contributed by atoms with Gasteiger partial charge in [-0.1, -0.05) is 0 Å². The predicted octanol–water partition coefficient (Wildman–Crippen LogP) is 4.79. The van der Waals surface area contributed by atoms with Crippen LogP contribution < -0.4 is 0 Å². The molecule has 0 radical (unpaired) electrons. The first kappa shape index (κ1) is 12.4. The third kappa shape index (κ3) is 1.97. The molecular weight excluding hydrogens is 376 g/mol. The molecule has 0 unspecified atom stereocenters. The highest BCUT2D eigenvalue weighted by atomic mass is 79.9. The maximum Gasteiger partial charge on any atom is 0.161 e. The van der Waals surface area contributed by atoms with Crippen molar-refractivity contribution in [2.24, 2.45) is 0 Å². The van der Waals surface area contributed by atoms with Gasteiger partial charge in [0.2, 0.25) is 0 Å². The van der Waals surface area contributed by atoms with Crippen molar-refractivity contribution in [3.8, 4) is 0 Å². The Morgan fingerprint density at radius 3 is 1.86 bits per heavy atom. The van der Waals surface area contributed by atoms with Gasteiger partial charge in [-0.25, -0.2) is 0 Å². The summed E-state index contributed by atoms with van der Waals surface area (Å²) in [5, 5.41) is 0. The molecule has 0 aromatic heterocycles. The Morgan fingerprint density at radius 2 is 1.43 bits per heavy atom. The fourth-order valence-electron chi connectivity index (χ4n) is 1.31. The van der Waals surface area contributed by atoms with E-state index in [1.165, 1.54) is 0 Å². The largest absolute Gasteiger partial charge is 0.294 e. The first-order valence-corrected chi connectivity index (χ1v) is 6.40. The third-order valence-corrected chi connectivity index (χ3v) is 5.87. The van der Waals surface area contributed by atoms with Gasteiger partial charge in [0.05, 0.1) is 0 Å². The molecule has 1 aromatic rings. The molecule has 76 valence electrons. The summed E-state index contributed by atoms with van der Waals surface area (Å²) in [4.78, 5) is 11.4. The molecule has 1 aromatic carbocycles. The van der Waals surface area contributed by atoms with Gasteiger partial charge in [0.15, 0.2) is 5.78 Å². The number of hydrogen-bond acceptors (Lipinski definition) is 1. The molecule has 14 heavy (non-hydrogen) atoms. The number of benzene rings is 1. The van der Waals surface area contributed by atoms with E-state index < -0.39 is 0 Å². The smallest absolute Gasteiger partial charge is 0.161 e.